The van der Waals surface area contributed by atoms with Crippen molar-refractivity contribution in [1.29, 1.82) is 0 Å². The van der Waals surface area contributed by atoms with Crippen LogP contribution in [0.2, 0.25) is 0 Å². The Bertz CT molecular complexity index is 1130. The van der Waals surface area contributed by atoms with Crippen LogP contribution in [0.25, 0.3) is 0 Å². The second-order valence-corrected chi connectivity index (χ2v) is 12.4. The summed E-state index contributed by atoms with van der Waals surface area (Å²) in [5, 5.41) is 73.9. The zero-order valence-corrected chi connectivity index (χ0v) is 20.6. The summed E-state index contributed by atoms with van der Waals surface area (Å²) in [6.07, 6.45) is -1.63. The maximum Gasteiger partial charge on any atom is 0.355 e. The second kappa shape index (κ2) is 5.96. The summed E-state index contributed by atoms with van der Waals surface area (Å²) in [6.45, 7) is 7.91. The number of aliphatic hydroxyl groups is 6. The molecule has 35 heavy (non-hydrogen) atoms. The molecular weight excluding hydrogens is 458 g/mol. The van der Waals surface area contributed by atoms with Crippen LogP contribution in [-0.4, -0.2) is 87.6 Å². The van der Waals surface area contributed by atoms with Gasteiger partial charge < -0.3 is 45.1 Å². The van der Waals surface area contributed by atoms with E-state index in [1.165, 1.54) is 26.1 Å². The fourth-order valence-electron chi connectivity index (χ4n) is 9.56. The highest BCUT2D eigenvalue weighted by Gasteiger charge is 3.10. The van der Waals surface area contributed by atoms with Crippen molar-refractivity contribution in [3.8, 4) is 0 Å². The van der Waals surface area contributed by atoms with E-state index in [-0.39, 0.29) is 18.5 Å². The predicted molar refractivity (Wildman–Crippen MR) is 119 cm³/mol. The van der Waals surface area contributed by atoms with E-state index in [0.29, 0.717) is 6.42 Å². The second-order valence-electron chi connectivity index (χ2n) is 12.4. The van der Waals surface area contributed by atoms with Crippen molar-refractivity contribution in [2.24, 2.45) is 22.7 Å². The van der Waals surface area contributed by atoms with E-state index in [0.717, 1.165) is 0 Å². The highest BCUT2D eigenvalue weighted by Crippen LogP contribution is 2.90. The molecule has 4 saturated carbocycles. The van der Waals surface area contributed by atoms with Crippen molar-refractivity contribution >= 4 is 5.97 Å². The van der Waals surface area contributed by atoms with Gasteiger partial charge in [0, 0.05) is 18.0 Å². The average molecular weight is 494 g/mol. The van der Waals surface area contributed by atoms with Crippen LogP contribution in [0.1, 0.15) is 64.4 Å². The van der Waals surface area contributed by atoms with Gasteiger partial charge in [-0.3, -0.25) is 0 Å². The molecule has 2 saturated heterocycles. The first kappa shape index (κ1) is 23.8. The van der Waals surface area contributed by atoms with Gasteiger partial charge in [-0.25, -0.2) is 4.79 Å². The molecule has 0 unspecified atom stereocenters. The third-order valence-electron chi connectivity index (χ3n) is 11.3. The number of H-pyrrole nitrogens is 1. The minimum absolute atomic E-state index is 0.0654. The number of hydrogen-bond donors (Lipinski definition) is 7. The molecular formula is C25H35NO9. The summed E-state index contributed by atoms with van der Waals surface area (Å²) < 4.78 is 12.1. The smallest absolute Gasteiger partial charge is 0.355 e. The highest BCUT2D eigenvalue weighted by molar-refractivity contribution is 5.87. The summed E-state index contributed by atoms with van der Waals surface area (Å²) in [5.74, 6) is -4.34. The standard InChI is InChI=1S/C25H35NO9/c1-12(2)22(31)17(34-16(28)14-7-6-10-26-14)23(32)18(4)11-21(30)19(22,5)25(23,33)24(35-21)15(27)13(3)8-9-20(18,24)29/h6-7,10,12-13,15,17,26-27,29-33H,8-9,11H2,1-5H3/t13-,15+,17-,18-,19+,20-,21+,22-,23+,24-,25-/m0/s1. The molecule has 1 aromatic heterocycles. The van der Waals surface area contributed by atoms with Gasteiger partial charge in [0.15, 0.2) is 17.5 Å². The number of hydrogen-bond acceptors (Lipinski definition) is 9. The lowest BCUT2D eigenvalue weighted by atomic mass is 9.52. The van der Waals surface area contributed by atoms with Gasteiger partial charge in [-0.1, -0.05) is 27.7 Å². The maximum atomic E-state index is 13.2. The average Bonchev–Trinajstić information content (AvgIpc) is 3.41. The van der Waals surface area contributed by atoms with E-state index in [4.69, 9.17) is 9.47 Å². The van der Waals surface area contributed by atoms with Crippen molar-refractivity contribution in [2.45, 2.75) is 99.9 Å². The Kier molecular flexibility index (Phi) is 4.06. The molecule has 194 valence electrons. The highest BCUT2D eigenvalue weighted by atomic mass is 16.7. The van der Waals surface area contributed by atoms with E-state index in [1.54, 1.807) is 26.8 Å². The first-order chi connectivity index (χ1) is 16.0. The molecule has 3 heterocycles. The van der Waals surface area contributed by atoms with E-state index in [1.807, 2.05) is 0 Å². The molecule has 6 aliphatic rings. The van der Waals surface area contributed by atoms with E-state index in [2.05, 4.69) is 4.98 Å². The number of ether oxygens (including phenoxy) is 2. The SMILES string of the molecule is CC(C)[C@]1(O)[C@H](OC(=O)c2ccc[nH]2)[C@@]2(O)[C@@]3(C)C[C@@]4(O)O[C@]5([C@H](O)[C@@H](C)CC[C@]35O)[C@]2(O)[C@]41C. The van der Waals surface area contributed by atoms with Crippen LogP contribution >= 0.6 is 0 Å². The first-order valence-electron chi connectivity index (χ1n) is 12.4. The normalized spacial score (nSPS) is 59.8. The molecule has 4 aliphatic carbocycles. The molecule has 1 spiro atoms. The molecule has 7 rings (SSSR count). The molecule has 7 N–H and O–H groups in total. The van der Waals surface area contributed by atoms with Crippen LogP contribution < -0.4 is 0 Å². The molecule has 6 fully saturated rings. The van der Waals surface area contributed by atoms with E-state index < -0.39 is 74.6 Å². The summed E-state index contributed by atoms with van der Waals surface area (Å²) in [7, 11) is 0. The van der Waals surface area contributed by atoms with Crippen LogP contribution in [0.15, 0.2) is 18.3 Å². The van der Waals surface area contributed by atoms with Crippen molar-refractivity contribution in [3.05, 3.63) is 24.0 Å². The Morgan fingerprint density at radius 3 is 2.43 bits per heavy atom. The lowest BCUT2D eigenvalue weighted by Gasteiger charge is -2.60. The largest absolute Gasteiger partial charge is 0.451 e. The van der Waals surface area contributed by atoms with Gasteiger partial charge in [-0.05, 0) is 43.7 Å². The minimum Gasteiger partial charge on any atom is -0.451 e. The quantitative estimate of drug-likeness (QED) is 0.282. The number of aliphatic hydroxyl groups excluding tert-OH is 1. The molecule has 0 radical (unpaired) electrons. The third kappa shape index (κ3) is 1.74. The number of esters is 1. The van der Waals surface area contributed by atoms with Crippen molar-refractivity contribution in [2.75, 3.05) is 0 Å². The Morgan fingerprint density at radius 1 is 1.20 bits per heavy atom. The van der Waals surface area contributed by atoms with E-state index >= 15 is 0 Å². The van der Waals surface area contributed by atoms with Crippen molar-refractivity contribution in [1.82, 2.24) is 4.98 Å². The zero-order chi connectivity index (χ0) is 25.8. The molecule has 6 bridgehead atoms. The van der Waals surface area contributed by atoms with E-state index in [9.17, 15) is 35.4 Å². The van der Waals surface area contributed by atoms with Crippen LogP contribution in [0.3, 0.4) is 0 Å². The molecule has 1 aromatic rings. The van der Waals surface area contributed by atoms with Gasteiger partial charge in [-0.2, -0.15) is 0 Å². The van der Waals surface area contributed by atoms with Crippen LogP contribution in [0, 0.1) is 22.7 Å². The Balaban J connectivity index is 1.69. The van der Waals surface area contributed by atoms with Crippen LogP contribution in [-0.2, 0) is 9.47 Å². The summed E-state index contributed by atoms with van der Waals surface area (Å²) in [6, 6.07) is 3.06. The minimum atomic E-state index is -2.59. The maximum absolute atomic E-state index is 13.2. The van der Waals surface area contributed by atoms with Crippen molar-refractivity contribution < 1.29 is 44.9 Å². The van der Waals surface area contributed by atoms with Crippen molar-refractivity contribution in [3.63, 3.8) is 0 Å². The number of rotatable bonds is 3. The topological polar surface area (TPSA) is 173 Å². The van der Waals surface area contributed by atoms with Gasteiger partial charge in [0.1, 0.15) is 28.1 Å². The zero-order valence-electron chi connectivity index (χ0n) is 20.6. The van der Waals surface area contributed by atoms with Gasteiger partial charge in [0.2, 0.25) is 0 Å². The molecule has 0 aromatic carbocycles. The van der Waals surface area contributed by atoms with Crippen LogP contribution in [0.4, 0.5) is 0 Å². The lowest BCUT2D eigenvalue weighted by molar-refractivity contribution is -0.390. The summed E-state index contributed by atoms with van der Waals surface area (Å²) in [5.41, 5.74) is -15.2. The summed E-state index contributed by atoms with van der Waals surface area (Å²) in [4.78, 5) is 15.9. The van der Waals surface area contributed by atoms with Gasteiger partial charge in [0.05, 0.1) is 11.5 Å². The monoisotopic (exact) mass is 493 g/mol. The Labute approximate surface area is 202 Å². The number of nitrogens with one attached hydrogen (secondary N) is 1. The van der Waals surface area contributed by atoms with Gasteiger partial charge in [0.25, 0.3) is 0 Å². The molecule has 11 atom stereocenters. The molecule has 10 heteroatoms. The lowest BCUT2D eigenvalue weighted by Crippen LogP contribution is -2.75. The number of aromatic nitrogens is 1. The first-order valence-corrected chi connectivity index (χ1v) is 12.4. The fraction of sp³-hybridized carbons (Fsp3) is 0.800. The fourth-order valence-corrected chi connectivity index (χ4v) is 9.56. The third-order valence-corrected chi connectivity index (χ3v) is 11.3. The molecule has 0 amide bonds. The molecule has 2 aliphatic heterocycles. The number of carbonyl (C=O) groups is 1. The Morgan fingerprint density at radius 2 is 1.86 bits per heavy atom. The molecule has 10 nitrogen and oxygen atoms in total. The number of carbonyl (C=O) groups excluding carboxylic acids is 1. The van der Waals surface area contributed by atoms with Gasteiger partial charge in [-0.15, -0.1) is 0 Å². The number of aromatic amines is 1. The van der Waals surface area contributed by atoms with Gasteiger partial charge >= 0.3 is 5.97 Å². The predicted octanol–water partition coefficient (Wildman–Crippen LogP) is -0.188. The summed E-state index contributed by atoms with van der Waals surface area (Å²) >= 11 is 0. The van der Waals surface area contributed by atoms with Crippen LogP contribution in [0.5, 0.6) is 0 Å². The Hall–Kier alpha value is -1.53.